The Morgan fingerprint density at radius 2 is 1.71 bits per heavy atom. The van der Waals surface area contributed by atoms with Gasteiger partial charge in [-0.1, -0.05) is 51.1 Å². The number of fused-ring (bicyclic) bond motifs is 5. The number of rotatable bonds is 7. The van der Waals surface area contributed by atoms with E-state index in [9.17, 15) is 23.7 Å². The molecule has 6 atom stereocenters. The van der Waals surface area contributed by atoms with Crippen molar-refractivity contribution in [1.29, 1.82) is 0 Å². The maximum Gasteiger partial charge on any atom is 0.459 e. The zero-order valence-electron chi connectivity index (χ0n) is 28.0. The monoisotopic (exact) mass is 709 g/mol. The number of ether oxygens (including phenoxy) is 2. The quantitative estimate of drug-likeness (QED) is 0.176. The molecular weight excluding hydrogens is 664 g/mol. The highest BCUT2D eigenvalue weighted by Crippen LogP contribution is 2.49. The number of nitrogens with zero attached hydrogens (tertiary/aromatic N) is 2. The van der Waals surface area contributed by atoms with Gasteiger partial charge in [0.1, 0.15) is 24.0 Å². The van der Waals surface area contributed by atoms with Crippen molar-refractivity contribution < 1.29 is 41.5 Å². The van der Waals surface area contributed by atoms with E-state index in [1.54, 1.807) is 42.5 Å². The van der Waals surface area contributed by atoms with E-state index in [-0.39, 0.29) is 25.2 Å². The predicted octanol–water partition coefficient (Wildman–Crippen LogP) is 5.13. The maximum atomic E-state index is 17.2. The Kier molecular flexibility index (Phi) is 12.5. The molecule has 264 valence electrons. The van der Waals surface area contributed by atoms with Crippen molar-refractivity contribution in [2.45, 2.75) is 102 Å². The summed E-state index contributed by atoms with van der Waals surface area (Å²) in [6.07, 6.45) is 0.557. The Bertz CT molecular complexity index is 1620. The van der Waals surface area contributed by atoms with Gasteiger partial charge in [0.15, 0.2) is 20.2 Å². The highest BCUT2D eigenvalue weighted by Gasteiger charge is 2.59. The lowest BCUT2D eigenvalue weighted by molar-refractivity contribution is -0.145. The van der Waals surface area contributed by atoms with Gasteiger partial charge in [0, 0.05) is 18.7 Å². The minimum Gasteiger partial charge on any atom is -0.464 e. The number of carbonyl (C=O) groups excluding carboxylic acids is 2. The molecule has 48 heavy (non-hydrogen) atoms. The van der Waals surface area contributed by atoms with Crippen molar-refractivity contribution in [1.82, 2.24) is 14.2 Å². The number of alkyl halides is 1. The average Bonchev–Trinajstić information content (AvgIpc) is 3.30. The van der Waals surface area contributed by atoms with Crippen molar-refractivity contribution in [3.8, 4) is 5.75 Å². The largest absolute Gasteiger partial charge is 0.464 e. The fraction of sp³-hybridized carbons (Fsp3) is 0.562. The third-order valence-corrected chi connectivity index (χ3v) is 15.1. The molecule has 0 aliphatic carbocycles. The van der Waals surface area contributed by atoms with Gasteiger partial charge in [0.25, 0.3) is 5.56 Å². The molecule has 2 aromatic rings. The van der Waals surface area contributed by atoms with Crippen LogP contribution in [0.15, 0.2) is 64.3 Å². The molecule has 3 heterocycles. The number of nitrogens with one attached hydrogen (secondary N) is 1. The fourth-order valence-electron chi connectivity index (χ4n) is 5.78. The number of esters is 1. The molecule has 3 unspecified atom stereocenters. The van der Waals surface area contributed by atoms with Gasteiger partial charge in [-0.2, -0.15) is 9.65 Å². The smallest absolute Gasteiger partial charge is 0.459 e. The molecule has 13 nitrogen and oxygen atoms in total. The Morgan fingerprint density at radius 1 is 1.04 bits per heavy atom. The Hall–Kier alpha value is -3.20. The Labute approximate surface area is 280 Å². The third-order valence-electron chi connectivity index (χ3n) is 8.81. The van der Waals surface area contributed by atoms with Crippen LogP contribution in [0.3, 0.4) is 0 Å². The van der Waals surface area contributed by atoms with Crippen molar-refractivity contribution in [2.75, 3.05) is 13.2 Å². The number of benzene rings is 1. The molecule has 1 aromatic carbocycles. The maximum absolute atomic E-state index is 17.2. The van der Waals surface area contributed by atoms with Crippen LogP contribution in [0.25, 0.3) is 0 Å². The van der Waals surface area contributed by atoms with Crippen LogP contribution >= 0.6 is 7.75 Å². The zero-order valence-corrected chi connectivity index (χ0v) is 29.9. The number of cyclic esters (lactones) is 1. The SMILES string of the molecule is CC[Si](CC)(CC)O[C@@H]1C2COP(=O)(Oc3ccccc3)N[C@@H](C)C(=O)OCCC=CCCC(=O)n3c(=O)ccn(c3=O)C(O2)[C@]1(C)F. The van der Waals surface area contributed by atoms with Crippen molar-refractivity contribution >= 4 is 27.9 Å². The highest BCUT2D eigenvalue weighted by molar-refractivity contribution is 7.52. The first-order chi connectivity index (χ1) is 22.8. The van der Waals surface area contributed by atoms with E-state index in [1.807, 2.05) is 20.8 Å². The van der Waals surface area contributed by atoms with Crippen LogP contribution in [0, 0.1) is 0 Å². The summed E-state index contributed by atoms with van der Waals surface area (Å²) in [5, 5.41) is 2.62. The van der Waals surface area contributed by atoms with Gasteiger partial charge in [0.05, 0.1) is 13.2 Å². The third kappa shape index (κ3) is 8.50. The van der Waals surface area contributed by atoms with Gasteiger partial charge >= 0.3 is 19.4 Å². The van der Waals surface area contributed by atoms with Crippen molar-refractivity contribution in [2.24, 2.45) is 0 Å². The molecule has 2 aliphatic heterocycles. The van der Waals surface area contributed by atoms with Crippen molar-refractivity contribution in [3.63, 3.8) is 0 Å². The number of carbonyl (C=O) groups is 2. The Balaban J connectivity index is 1.80. The van der Waals surface area contributed by atoms with Gasteiger partial charge in [-0.25, -0.2) is 13.8 Å². The number of hydrogen-bond donors (Lipinski definition) is 1. The van der Waals surface area contributed by atoms with E-state index < -0.39 is 75.9 Å². The van der Waals surface area contributed by atoms with Crippen LogP contribution in [0.1, 0.15) is 64.9 Å². The second kappa shape index (κ2) is 16.0. The molecule has 0 radical (unpaired) electrons. The number of allylic oxidation sites excluding steroid dienone is 1. The van der Waals surface area contributed by atoms with E-state index in [0.717, 1.165) is 16.8 Å². The van der Waals surface area contributed by atoms with E-state index in [1.165, 1.54) is 13.8 Å². The van der Waals surface area contributed by atoms with Crippen molar-refractivity contribution in [3.05, 3.63) is 75.6 Å². The minimum atomic E-state index is -4.38. The van der Waals surface area contributed by atoms with Crippen LogP contribution in [-0.2, 0) is 27.8 Å². The average molecular weight is 710 g/mol. The van der Waals surface area contributed by atoms with Crippen LogP contribution in [-0.4, -0.2) is 66.5 Å². The molecule has 4 bridgehead atoms. The molecule has 1 aromatic heterocycles. The topological polar surface area (TPSA) is 153 Å². The van der Waals surface area contributed by atoms with Crippen LogP contribution in [0.5, 0.6) is 5.75 Å². The molecule has 1 fully saturated rings. The zero-order chi connectivity index (χ0) is 35.1. The highest BCUT2D eigenvalue weighted by atomic mass is 31.2. The van der Waals surface area contributed by atoms with Crippen LogP contribution < -0.4 is 20.9 Å². The van der Waals surface area contributed by atoms with E-state index in [0.29, 0.717) is 29.1 Å². The summed E-state index contributed by atoms with van der Waals surface area (Å²) in [6, 6.07) is 10.0. The molecule has 2 aliphatic rings. The molecule has 0 spiro atoms. The molecule has 4 rings (SSSR count). The summed E-state index contributed by atoms with van der Waals surface area (Å²) in [5.74, 6) is -1.32. The van der Waals surface area contributed by atoms with Gasteiger partial charge in [-0.3, -0.25) is 23.5 Å². The molecule has 0 saturated carbocycles. The number of halogens is 1. The molecule has 16 heteroatoms. The summed E-state index contributed by atoms with van der Waals surface area (Å²) in [5.41, 5.74) is -4.32. The number of para-hydroxylation sites is 1. The summed E-state index contributed by atoms with van der Waals surface area (Å²) in [7, 11) is -6.92. The summed E-state index contributed by atoms with van der Waals surface area (Å²) >= 11 is 0. The summed E-state index contributed by atoms with van der Waals surface area (Å²) < 4.78 is 62.5. The predicted molar refractivity (Wildman–Crippen MR) is 178 cm³/mol. The second-order valence-electron chi connectivity index (χ2n) is 12.0. The van der Waals surface area contributed by atoms with E-state index in [4.69, 9.17) is 22.9 Å². The first kappa shape index (κ1) is 37.6. The number of hydrogen-bond acceptors (Lipinski definition) is 10. The van der Waals surface area contributed by atoms with Gasteiger partial charge in [-0.15, -0.1) is 0 Å². The summed E-state index contributed by atoms with van der Waals surface area (Å²) in [4.78, 5) is 52.2. The van der Waals surface area contributed by atoms with Crippen LogP contribution in [0.2, 0.25) is 18.1 Å². The van der Waals surface area contributed by atoms with Gasteiger partial charge in [0.2, 0.25) is 5.91 Å². The molecule has 1 N–H and O–H groups in total. The normalized spacial score (nSPS) is 29.3. The van der Waals surface area contributed by atoms with Gasteiger partial charge < -0.3 is 18.4 Å². The standard InChI is InChI=1S/C32H45FN3O10PSi/c1-6-48(7-2,8-3)46-28-25-22-43-47(41,45-24-16-12-11-13-17-24)34-23(4)29(39)42-21-15-10-9-14-18-26(37)36-27(38)19-20-35(31(36)40)30(44-25)32(28,5)33/h9-13,16-17,19-20,23,25,28,30H,6-8,14-15,18,21-22H2,1-5H3,(H,34,41)/t23-,25?,28+,30?,32+,47?/m0/s1. The minimum absolute atomic E-state index is 0.00776. The lowest BCUT2D eigenvalue weighted by Crippen LogP contribution is -2.52. The number of aromatic nitrogens is 2. The lowest BCUT2D eigenvalue weighted by atomic mass is 9.98. The molecule has 0 amide bonds. The second-order valence-corrected chi connectivity index (χ2v) is 18.5. The molecular formula is C32H45FN3O10PSi. The van der Waals surface area contributed by atoms with E-state index >= 15 is 4.39 Å². The van der Waals surface area contributed by atoms with Crippen LogP contribution in [0.4, 0.5) is 4.39 Å². The lowest BCUT2D eigenvalue weighted by Gasteiger charge is -2.37. The Morgan fingerprint density at radius 3 is 2.38 bits per heavy atom. The first-order valence-electron chi connectivity index (χ1n) is 16.3. The summed E-state index contributed by atoms with van der Waals surface area (Å²) in [6.45, 7) is 8.03. The van der Waals surface area contributed by atoms with Gasteiger partial charge in [-0.05, 0) is 57.0 Å². The fourth-order valence-corrected chi connectivity index (χ4v) is 10.2. The first-order valence-corrected chi connectivity index (χ1v) is 20.3. The molecule has 1 saturated heterocycles. The van der Waals surface area contributed by atoms with E-state index in [2.05, 4.69) is 5.09 Å².